The number of nitrogens with one attached hydrogen (secondary N) is 2. The zero-order chi connectivity index (χ0) is 19.2. The van der Waals surface area contributed by atoms with E-state index in [1.54, 1.807) is 13.1 Å². The minimum atomic E-state index is -3.94. The van der Waals surface area contributed by atoms with Crippen molar-refractivity contribution in [2.24, 2.45) is 0 Å². The lowest BCUT2D eigenvalue weighted by atomic mass is 10.1. The first kappa shape index (κ1) is 17.2. The van der Waals surface area contributed by atoms with Crippen LogP contribution < -0.4 is 15.2 Å². The summed E-state index contributed by atoms with van der Waals surface area (Å²) in [5, 5.41) is 0. The van der Waals surface area contributed by atoms with E-state index in [9.17, 15) is 18.0 Å². The topological polar surface area (TPSA) is 122 Å². The molecule has 3 aromatic rings. The van der Waals surface area contributed by atoms with Gasteiger partial charge in [0, 0.05) is 12.7 Å². The van der Waals surface area contributed by atoms with Gasteiger partial charge in [-0.15, -0.1) is 0 Å². The quantitative estimate of drug-likeness (QED) is 0.698. The van der Waals surface area contributed by atoms with Crippen LogP contribution in [0.4, 0.5) is 5.69 Å². The summed E-state index contributed by atoms with van der Waals surface area (Å²) in [4.78, 5) is 27.5. The molecule has 10 heteroatoms. The van der Waals surface area contributed by atoms with Crippen LogP contribution in [-0.2, 0) is 10.0 Å². The Bertz CT molecular complexity index is 1210. The minimum Gasteiger partial charge on any atom is -0.491 e. The van der Waals surface area contributed by atoms with Crippen LogP contribution in [0.3, 0.4) is 0 Å². The predicted molar refractivity (Wildman–Crippen MR) is 96.5 cm³/mol. The van der Waals surface area contributed by atoms with Crippen LogP contribution in [0.25, 0.3) is 11.1 Å². The highest BCUT2D eigenvalue weighted by Gasteiger charge is 2.23. The van der Waals surface area contributed by atoms with Gasteiger partial charge in [0.25, 0.3) is 15.9 Å². The molecule has 140 valence electrons. The number of ether oxygens (including phenoxy) is 1. The number of nitrogens with zero attached hydrogens (tertiary/aromatic N) is 1. The highest BCUT2D eigenvalue weighted by molar-refractivity contribution is 7.92. The van der Waals surface area contributed by atoms with Crippen molar-refractivity contribution in [3.05, 3.63) is 52.5 Å². The molecule has 2 heterocycles. The third-order valence-corrected chi connectivity index (χ3v) is 5.57. The number of aromatic nitrogens is 1. The van der Waals surface area contributed by atoms with Gasteiger partial charge >= 0.3 is 5.76 Å². The van der Waals surface area contributed by atoms with Gasteiger partial charge in [0.05, 0.1) is 22.5 Å². The highest BCUT2D eigenvalue weighted by atomic mass is 32.2. The van der Waals surface area contributed by atoms with Gasteiger partial charge in [-0.3, -0.25) is 14.5 Å². The van der Waals surface area contributed by atoms with Crippen molar-refractivity contribution in [2.45, 2.75) is 4.90 Å². The summed E-state index contributed by atoms with van der Waals surface area (Å²) in [6, 6.07) is 8.54. The first-order valence-electron chi connectivity index (χ1n) is 8.01. The average Bonchev–Trinajstić information content (AvgIpc) is 2.94. The fraction of sp³-hybridized carbons (Fsp3) is 0.176. The molecule has 1 amide bonds. The molecule has 0 aliphatic carbocycles. The molecule has 0 saturated heterocycles. The average molecular weight is 389 g/mol. The van der Waals surface area contributed by atoms with E-state index >= 15 is 0 Å². The number of likely N-dealkylation sites (N-methyl/N-ethyl adjacent to an activating group) is 1. The molecule has 0 atom stereocenters. The Labute approximate surface area is 153 Å². The van der Waals surface area contributed by atoms with Crippen molar-refractivity contribution in [3.8, 4) is 5.75 Å². The number of hydrogen-bond acceptors (Lipinski definition) is 6. The Morgan fingerprint density at radius 1 is 1.15 bits per heavy atom. The van der Waals surface area contributed by atoms with Gasteiger partial charge in [0.15, 0.2) is 5.58 Å². The molecule has 2 N–H and O–H groups in total. The van der Waals surface area contributed by atoms with E-state index in [0.29, 0.717) is 18.9 Å². The van der Waals surface area contributed by atoms with Gasteiger partial charge in [-0.1, -0.05) is 0 Å². The molecule has 0 bridgehead atoms. The largest absolute Gasteiger partial charge is 0.491 e. The van der Waals surface area contributed by atoms with Crippen molar-refractivity contribution >= 4 is 32.7 Å². The van der Waals surface area contributed by atoms with E-state index in [2.05, 4.69) is 9.71 Å². The van der Waals surface area contributed by atoms with Crippen molar-refractivity contribution in [1.82, 2.24) is 9.88 Å². The van der Waals surface area contributed by atoms with Crippen molar-refractivity contribution in [1.29, 1.82) is 0 Å². The molecule has 0 saturated carbocycles. The molecule has 1 aromatic heterocycles. The molecule has 1 aliphatic rings. The first-order chi connectivity index (χ1) is 12.8. The van der Waals surface area contributed by atoms with Gasteiger partial charge in [0.2, 0.25) is 0 Å². The Kier molecular flexibility index (Phi) is 3.92. The van der Waals surface area contributed by atoms with Gasteiger partial charge in [0.1, 0.15) is 12.4 Å². The number of hydrogen-bond donors (Lipinski definition) is 2. The molecule has 9 nitrogen and oxygen atoms in total. The number of fused-ring (bicyclic) bond motifs is 2. The second kappa shape index (κ2) is 6.16. The number of rotatable bonds is 3. The van der Waals surface area contributed by atoms with Gasteiger partial charge in [-0.05, 0) is 36.4 Å². The molecular weight excluding hydrogens is 374 g/mol. The van der Waals surface area contributed by atoms with Crippen LogP contribution in [0.15, 0.2) is 50.5 Å². The summed E-state index contributed by atoms with van der Waals surface area (Å²) in [5.41, 5.74) is 1.04. The second-order valence-electron chi connectivity index (χ2n) is 6.06. The van der Waals surface area contributed by atoms with Crippen molar-refractivity contribution in [2.75, 3.05) is 24.9 Å². The van der Waals surface area contributed by atoms with Crippen molar-refractivity contribution < 1.29 is 22.4 Å². The molecule has 0 fully saturated rings. The first-order valence-corrected chi connectivity index (χ1v) is 9.50. The maximum absolute atomic E-state index is 12.7. The second-order valence-corrected chi connectivity index (χ2v) is 7.75. The molecule has 2 aromatic carbocycles. The van der Waals surface area contributed by atoms with E-state index in [-0.39, 0.29) is 33.2 Å². The van der Waals surface area contributed by atoms with E-state index in [1.807, 2.05) is 0 Å². The SMILES string of the molecule is CN1CCOc2ccc(NS(=O)(=O)c3ccc4oc(=O)[nH]c4c3)cc2C1=O. The lowest BCUT2D eigenvalue weighted by molar-refractivity contribution is 0.0796. The van der Waals surface area contributed by atoms with E-state index in [0.717, 1.165) is 0 Å². The number of sulfonamides is 1. The summed E-state index contributed by atoms with van der Waals surface area (Å²) in [7, 11) is -2.29. The van der Waals surface area contributed by atoms with Crippen LogP contribution in [0.1, 0.15) is 10.4 Å². The fourth-order valence-electron chi connectivity index (χ4n) is 2.80. The smallest absolute Gasteiger partial charge is 0.417 e. The molecular formula is C17H15N3O6S. The minimum absolute atomic E-state index is 0.0540. The summed E-state index contributed by atoms with van der Waals surface area (Å²) in [5.74, 6) is -0.508. The van der Waals surface area contributed by atoms with Crippen LogP contribution in [-0.4, -0.2) is 44.4 Å². The van der Waals surface area contributed by atoms with E-state index in [4.69, 9.17) is 9.15 Å². The van der Waals surface area contributed by atoms with E-state index in [1.165, 1.54) is 35.2 Å². The monoisotopic (exact) mass is 389 g/mol. The maximum Gasteiger partial charge on any atom is 0.417 e. The van der Waals surface area contributed by atoms with E-state index < -0.39 is 15.8 Å². The molecule has 0 radical (unpaired) electrons. The number of H-pyrrole nitrogens is 1. The predicted octanol–water partition coefficient (Wildman–Crippen LogP) is 1.39. The number of amides is 1. The Morgan fingerprint density at radius 2 is 1.96 bits per heavy atom. The molecule has 0 unspecified atom stereocenters. The van der Waals surface area contributed by atoms with Gasteiger partial charge < -0.3 is 14.1 Å². The summed E-state index contributed by atoms with van der Waals surface area (Å²) in [6.07, 6.45) is 0. The molecule has 27 heavy (non-hydrogen) atoms. The van der Waals surface area contributed by atoms with Crippen molar-refractivity contribution in [3.63, 3.8) is 0 Å². The number of benzene rings is 2. The number of carbonyl (C=O) groups is 1. The normalized spacial score (nSPS) is 14.6. The fourth-order valence-corrected chi connectivity index (χ4v) is 3.87. The lowest BCUT2D eigenvalue weighted by Crippen LogP contribution is -2.27. The third kappa shape index (κ3) is 3.14. The Morgan fingerprint density at radius 3 is 2.78 bits per heavy atom. The Balaban J connectivity index is 1.69. The summed E-state index contributed by atoms with van der Waals surface area (Å²) in [6.45, 7) is 0.806. The zero-order valence-electron chi connectivity index (χ0n) is 14.2. The summed E-state index contributed by atoms with van der Waals surface area (Å²) >= 11 is 0. The summed E-state index contributed by atoms with van der Waals surface area (Å²) < 4.78 is 38.2. The van der Waals surface area contributed by atoms with Crippen LogP contribution in [0.2, 0.25) is 0 Å². The maximum atomic E-state index is 12.7. The standard InChI is InChI=1S/C17H15N3O6S/c1-20-6-7-25-14-4-2-10(8-12(14)16(20)21)19-27(23,24)11-3-5-15-13(9-11)18-17(22)26-15/h2-5,8-9,19H,6-7H2,1H3,(H,18,22). The molecule has 4 rings (SSSR count). The van der Waals surface area contributed by atoms with Gasteiger partial charge in [-0.25, -0.2) is 13.2 Å². The number of aromatic amines is 1. The number of carbonyl (C=O) groups excluding carboxylic acids is 1. The van der Waals surface area contributed by atoms with Crippen LogP contribution in [0.5, 0.6) is 5.75 Å². The number of oxazole rings is 1. The molecule has 0 spiro atoms. The third-order valence-electron chi connectivity index (χ3n) is 4.19. The lowest BCUT2D eigenvalue weighted by Gasteiger charge is -2.13. The Hall–Kier alpha value is -3.27. The van der Waals surface area contributed by atoms with Crippen LogP contribution >= 0.6 is 0 Å². The zero-order valence-corrected chi connectivity index (χ0v) is 15.0. The number of anilines is 1. The van der Waals surface area contributed by atoms with Gasteiger partial charge in [-0.2, -0.15) is 0 Å². The van der Waals surface area contributed by atoms with Crippen LogP contribution in [0, 0.1) is 0 Å². The highest BCUT2D eigenvalue weighted by Crippen LogP contribution is 2.27. The molecule has 1 aliphatic heterocycles.